The number of ether oxygens (including phenoxy) is 1. The molecule has 2 saturated heterocycles. The molecule has 126 valence electrons. The third-order valence-electron chi connectivity index (χ3n) is 5.00. The second-order valence-corrected chi connectivity index (χ2v) is 7.08. The van der Waals surface area contributed by atoms with Crippen LogP contribution in [0.4, 0.5) is 8.78 Å². The molecule has 0 N–H and O–H groups in total. The largest absolute Gasteiger partial charge is 0.377 e. The van der Waals surface area contributed by atoms with Gasteiger partial charge < -0.3 is 4.74 Å². The Hall–Kier alpha value is -1.85. The van der Waals surface area contributed by atoms with Gasteiger partial charge in [-0.25, -0.2) is 8.78 Å². The molecule has 1 spiro atoms. The molecule has 2 fully saturated rings. The number of halogens is 2. The lowest BCUT2D eigenvalue weighted by atomic mass is 9.77. The zero-order valence-corrected chi connectivity index (χ0v) is 13.4. The number of likely N-dealkylation sites (tertiary alicyclic amines) is 1. The van der Waals surface area contributed by atoms with E-state index in [9.17, 15) is 8.78 Å². The van der Waals surface area contributed by atoms with Crippen molar-refractivity contribution < 1.29 is 13.5 Å². The molecule has 2 aromatic rings. The van der Waals surface area contributed by atoms with Crippen molar-refractivity contribution in [3.05, 3.63) is 65.5 Å². The number of benzene rings is 1. The first-order valence-electron chi connectivity index (χ1n) is 8.29. The molecule has 0 aliphatic carbocycles. The van der Waals surface area contributed by atoms with Crippen LogP contribution in [0, 0.1) is 17.0 Å². The van der Waals surface area contributed by atoms with Crippen LogP contribution >= 0.6 is 0 Å². The summed E-state index contributed by atoms with van der Waals surface area (Å²) in [5, 5.41) is 0. The summed E-state index contributed by atoms with van der Waals surface area (Å²) in [6.07, 6.45) is 5.82. The van der Waals surface area contributed by atoms with Crippen molar-refractivity contribution in [2.45, 2.75) is 25.5 Å². The number of rotatable bonds is 4. The minimum absolute atomic E-state index is 0.198. The summed E-state index contributed by atoms with van der Waals surface area (Å²) in [6.45, 7) is 3.11. The molecule has 0 saturated carbocycles. The molecule has 4 rings (SSSR count). The van der Waals surface area contributed by atoms with E-state index in [2.05, 4.69) is 16.0 Å². The summed E-state index contributed by atoms with van der Waals surface area (Å²) < 4.78 is 32.7. The van der Waals surface area contributed by atoms with Gasteiger partial charge in [0.05, 0.1) is 12.7 Å². The molecule has 24 heavy (non-hydrogen) atoms. The number of hydrogen-bond donors (Lipinski definition) is 0. The Morgan fingerprint density at radius 1 is 1.25 bits per heavy atom. The highest BCUT2D eigenvalue weighted by Gasteiger charge is 2.48. The zero-order valence-electron chi connectivity index (χ0n) is 13.4. The maximum atomic E-state index is 13.7. The van der Waals surface area contributed by atoms with Gasteiger partial charge in [0.1, 0.15) is 11.6 Å². The van der Waals surface area contributed by atoms with Crippen molar-refractivity contribution in [2.75, 3.05) is 19.7 Å². The summed E-state index contributed by atoms with van der Waals surface area (Å²) >= 11 is 0. The molecule has 0 radical (unpaired) electrons. The number of pyridine rings is 1. The minimum Gasteiger partial charge on any atom is -0.377 e. The first-order valence-corrected chi connectivity index (χ1v) is 8.29. The van der Waals surface area contributed by atoms with Gasteiger partial charge in [-0.1, -0.05) is 12.1 Å². The molecule has 0 bridgehead atoms. The van der Waals surface area contributed by atoms with Crippen LogP contribution in [0.2, 0.25) is 0 Å². The molecule has 2 aliphatic rings. The van der Waals surface area contributed by atoms with Crippen molar-refractivity contribution in [1.29, 1.82) is 0 Å². The fraction of sp³-hybridized carbons (Fsp3) is 0.421. The van der Waals surface area contributed by atoms with E-state index in [1.54, 1.807) is 6.20 Å². The predicted molar refractivity (Wildman–Crippen MR) is 86.4 cm³/mol. The van der Waals surface area contributed by atoms with Gasteiger partial charge in [-0.15, -0.1) is 0 Å². The maximum Gasteiger partial charge on any atom is 0.130 e. The topological polar surface area (TPSA) is 25.4 Å². The molecular formula is C19H20F2N2O. The predicted octanol–water partition coefficient (Wildman–Crippen LogP) is 3.19. The van der Waals surface area contributed by atoms with Crippen LogP contribution in [-0.2, 0) is 17.7 Å². The van der Waals surface area contributed by atoms with Crippen LogP contribution in [0.15, 0.2) is 42.7 Å². The van der Waals surface area contributed by atoms with Crippen LogP contribution in [0.25, 0.3) is 0 Å². The van der Waals surface area contributed by atoms with Crippen LogP contribution in [-0.4, -0.2) is 35.7 Å². The molecule has 5 heteroatoms. The molecule has 0 amide bonds. The Labute approximate surface area is 140 Å². The fourth-order valence-corrected chi connectivity index (χ4v) is 3.93. The zero-order chi connectivity index (χ0) is 16.6. The van der Waals surface area contributed by atoms with Crippen molar-refractivity contribution in [3.63, 3.8) is 0 Å². The van der Waals surface area contributed by atoms with Crippen LogP contribution in [0.3, 0.4) is 0 Å². The Morgan fingerprint density at radius 3 is 2.88 bits per heavy atom. The average molecular weight is 330 g/mol. The number of aromatic nitrogens is 1. The molecule has 3 heterocycles. The highest BCUT2D eigenvalue weighted by atomic mass is 19.1. The Morgan fingerprint density at radius 2 is 2.12 bits per heavy atom. The van der Waals surface area contributed by atoms with Crippen molar-refractivity contribution in [3.8, 4) is 0 Å². The molecule has 1 aromatic carbocycles. The van der Waals surface area contributed by atoms with Crippen LogP contribution < -0.4 is 0 Å². The SMILES string of the molecule is Fc1ccc(CN2CC3(CO[C@H](Cc4cccnc4)C3)C2)c(F)c1. The molecule has 2 aliphatic heterocycles. The molecule has 1 aromatic heterocycles. The monoisotopic (exact) mass is 330 g/mol. The van der Waals surface area contributed by atoms with Gasteiger partial charge in [0.25, 0.3) is 0 Å². The standard InChI is InChI=1S/C19H20F2N2O/c20-16-4-3-15(18(21)7-16)10-23-11-19(12-23)8-17(24-13-19)6-14-2-1-5-22-9-14/h1-5,7,9,17H,6,8,10-13H2/t17-/m1/s1. The highest BCUT2D eigenvalue weighted by Crippen LogP contribution is 2.42. The van der Waals surface area contributed by atoms with Crippen molar-refractivity contribution in [2.24, 2.45) is 5.41 Å². The first-order chi connectivity index (χ1) is 11.6. The highest BCUT2D eigenvalue weighted by molar-refractivity contribution is 5.19. The normalized spacial score (nSPS) is 22.7. The van der Waals surface area contributed by atoms with Crippen LogP contribution in [0.1, 0.15) is 17.5 Å². The van der Waals surface area contributed by atoms with E-state index >= 15 is 0 Å². The first kappa shape index (κ1) is 15.7. The van der Waals surface area contributed by atoms with Gasteiger partial charge in [0, 0.05) is 55.5 Å². The fourth-order valence-electron chi connectivity index (χ4n) is 3.93. The van der Waals surface area contributed by atoms with Gasteiger partial charge in [0.2, 0.25) is 0 Å². The van der Waals surface area contributed by atoms with Gasteiger partial charge in [-0.2, -0.15) is 0 Å². The Kier molecular flexibility index (Phi) is 4.06. The van der Waals surface area contributed by atoms with E-state index in [1.165, 1.54) is 17.7 Å². The summed E-state index contributed by atoms with van der Waals surface area (Å²) in [4.78, 5) is 6.35. The quantitative estimate of drug-likeness (QED) is 0.861. The minimum atomic E-state index is -0.529. The van der Waals surface area contributed by atoms with Gasteiger partial charge in [-0.05, 0) is 24.1 Å². The summed E-state index contributed by atoms with van der Waals surface area (Å²) in [6, 6.07) is 7.82. The third-order valence-corrected chi connectivity index (χ3v) is 5.00. The van der Waals surface area contributed by atoms with E-state index in [0.717, 1.165) is 38.6 Å². The Bertz CT molecular complexity index is 717. The number of hydrogen-bond acceptors (Lipinski definition) is 3. The van der Waals surface area contributed by atoms with Gasteiger partial charge in [0.15, 0.2) is 0 Å². The van der Waals surface area contributed by atoms with E-state index in [1.807, 2.05) is 12.3 Å². The molecule has 3 nitrogen and oxygen atoms in total. The lowest BCUT2D eigenvalue weighted by Gasteiger charge is -2.47. The summed E-state index contributed by atoms with van der Waals surface area (Å²) in [5.74, 6) is -0.994. The van der Waals surface area contributed by atoms with E-state index in [-0.39, 0.29) is 11.5 Å². The lowest BCUT2D eigenvalue weighted by Crippen LogP contribution is -2.56. The molecule has 1 atom stereocenters. The van der Waals surface area contributed by atoms with Crippen molar-refractivity contribution in [1.82, 2.24) is 9.88 Å². The summed E-state index contributed by atoms with van der Waals surface area (Å²) in [5.41, 5.74) is 1.95. The second kappa shape index (κ2) is 6.22. The molecular weight excluding hydrogens is 310 g/mol. The molecule has 0 unspecified atom stereocenters. The lowest BCUT2D eigenvalue weighted by molar-refractivity contribution is -0.0146. The van der Waals surface area contributed by atoms with Crippen molar-refractivity contribution >= 4 is 0 Å². The second-order valence-electron chi connectivity index (χ2n) is 7.08. The average Bonchev–Trinajstić information content (AvgIpc) is 2.94. The Balaban J connectivity index is 1.31. The van der Waals surface area contributed by atoms with Gasteiger partial charge >= 0.3 is 0 Å². The van der Waals surface area contributed by atoms with Gasteiger partial charge in [-0.3, -0.25) is 9.88 Å². The van der Waals surface area contributed by atoms with E-state index in [0.29, 0.717) is 12.1 Å². The van der Waals surface area contributed by atoms with E-state index in [4.69, 9.17) is 4.74 Å². The third kappa shape index (κ3) is 3.19. The summed E-state index contributed by atoms with van der Waals surface area (Å²) in [7, 11) is 0. The number of nitrogens with zero attached hydrogens (tertiary/aromatic N) is 2. The van der Waals surface area contributed by atoms with Crippen LogP contribution in [0.5, 0.6) is 0 Å². The smallest absolute Gasteiger partial charge is 0.130 e. The maximum absolute atomic E-state index is 13.7. The van der Waals surface area contributed by atoms with E-state index < -0.39 is 11.6 Å².